The molecule has 0 saturated carbocycles. The van der Waals surface area contributed by atoms with Crippen molar-refractivity contribution < 1.29 is 14.0 Å². The minimum absolute atomic E-state index is 0.0339. The standard InChI is InChI=1S/C18H17ClN2O3/c19-13-6-5-12-7-9-21(15(12)11-13)17(22)14-3-1-8-20(14)18(23)16-4-2-10-24-16/h2,4-6,10-11,14H,1,3,7-9H2/t14-/m0/s1. The average molecular weight is 345 g/mol. The summed E-state index contributed by atoms with van der Waals surface area (Å²) in [7, 11) is 0. The zero-order valence-corrected chi connectivity index (χ0v) is 13.8. The Labute approximate surface area is 144 Å². The van der Waals surface area contributed by atoms with Gasteiger partial charge in [0, 0.05) is 23.8 Å². The Morgan fingerprint density at radius 3 is 2.88 bits per heavy atom. The summed E-state index contributed by atoms with van der Waals surface area (Å²) in [6.07, 6.45) is 3.78. The molecular weight excluding hydrogens is 328 g/mol. The summed E-state index contributed by atoms with van der Waals surface area (Å²) in [5, 5.41) is 0.614. The zero-order chi connectivity index (χ0) is 16.7. The van der Waals surface area contributed by atoms with Gasteiger partial charge in [-0.1, -0.05) is 17.7 Å². The first-order valence-corrected chi connectivity index (χ1v) is 8.47. The van der Waals surface area contributed by atoms with Gasteiger partial charge < -0.3 is 14.2 Å². The fraction of sp³-hybridized carbons (Fsp3) is 0.333. The highest BCUT2D eigenvalue weighted by molar-refractivity contribution is 6.31. The predicted octanol–water partition coefficient (Wildman–Crippen LogP) is 3.13. The van der Waals surface area contributed by atoms with Crippen LogP contribution in [-0.4, -0.2) is 35.8 Å². The van der Waals surface area contributed by atoms with E-state index in [1.54, 1.807) is 21.9 Å². The molecule has 124 valence electrons. The number of amides is 2. The minimum Gasteiger partial charge on any atom is -0.459 e. The zero-order valence-electron chi connectivity index (χ0n) is 13.1. The van der Waals surface area contributed by atoms with Gasteiger partial charge in [-0.25, -0.2) is 0 Å². The van der Waals surface area contributed by atoms with E-state index in [0.717, 1.165) is 24.1 Å². The lowest BCUT2D eigenvalue weighted by Crippen LogP contribution is -2.47. The van der Waals surface area contributed by atoms with E-state index >= 15 is 0 Å². The van der Waals surface area contributed by atoms with Gasteiger partial charge in [0.05, 0.1) is 6.26 Å². The maximum absolute atomic E-state index is 13.1. The van der Waals surface area contributed by atoms with Crippen LogP contribution in [0.25, 0.3) is 0 Å². The number of nitrogens with zero attached hydrogens (tertiary/aromatic N) is 2. The van der Waals surface area contributed by atoms with Gasteiger partial charge in [0.15, 0.2) is 5.76 Å². The maximum atomic E-state index is 13.1. The molecule has 2 amide bonds. The van der Waals surface area contributed by atoms with Crippen molar-refractivity contribution in [1.82, 2.24) is 4.90 Å². The summed E-state index contributed by atoms with van der Waals surface area (Å²) < 4.78 is 5.20. The van der Waals surface area contributed by atoms with E-state index in [1.807, 2.05) is 18.2 Å². The van der Waals surface area contributed by atoms with E-state index in [2.05, 4.69) is 0 Å². The molecule has 1 aromatic carbocycles. The summed E-state index contributed by atoms with van der Waals surface area (Å²) in [6.45, 7) is 1.21. The molecule has 1 aromatic heterocycles. The molecule has 3 heterocycles. The molecule has 0 N–H and O–H groups in total. The summed E-state index contributed by atoms with van der Waals surface area (Å²) in [4.78, 5) is 29.0. The number of benzene rings is 1. The van der Waals surface area contributed by atoms with E-state index < -0.39 is 6.04 Å². The van der Waals surface area contributed by atoms with Gasteiger partial charge in [-0.15, -0.1) is 0 Å². The number of carbonyl (C=O) groups excluding carboxylic acids is 2. The normalized spacial score (nSPS) is 19.6. The second-order valence-corrected chi connectivity index (χ2v) is 6.58. The van der Waals surface area contributed by atoms with E-state index in [0.29, 0.717) is 24.5 Å². The molecule has 6 heteroatoms. The molecule has 1 saturated heterocycles. The number of rotatable bonds is 2. The van der Waals surface area contributed by atoms with Crippen LogP contribution in [0, 0.1) is 0 Å². The number of furan rings is 1. The highest BCUT2D eigenvalue weighted by atomic mass is 35.5. The number of likely N-dealkylation sites (tertiary alicyclic amines) is 1. The highest BCUT2D eigenvalue weighted by Crippen LogP contribution is 2.33. The first-order chi connectivity index (χ1) is 11.6. The Kier molecular flexibility index (Phi) is 3.81. The smallest absolute Gasteiger partial charge is 0.290 e. The summed E-state index contributed by atoms with van der Waals surface area (Å²) in [5.41, 5.74) is 1.99. The van der Waals surface area contributed by atoms with Crippen LogP contribution in [0.4, 0.5) is 5.69 Å². The number of carbonyl (C=O) groups is 2. The highest BCUT2D eigenvalue weighted by Gasteiger charge is 2.39. The molecule has 4 rings (SSSR count). The van der Waals surface area contributed by atoms with Gasteiger partial charge in [-0.05, 0) is 49.1 Å². The van der Waals surface area contributed by atoms with Gasteiger partial charge in [0.2, 0.25) is 5.91 Å². The average Bonchev–Trinajstić information content (AvgIpc) is 3.32. The molecule has 2 aliphatic rings. The minimum atomic E-state index is -0.437. The lowest BCUT2D eigenvalue weighted by molar-refractivity contribution is -0.122. The Hall–Kier alpha value is -2.27. The van der Waals surface area contributed by atoms with Crippen LogP contribution in [0.15, 0.2) is 41.0 Å². The molecule has 0 bridgehead atoms. The van der Waals surface area contributed by atoms with Crippen LogP contribution < -0.4 is 4.90 Å². The molecule has 2 aromatic rings. The van der Waals surface area contributed by atoms with Crippen molar-refractivity contribution in [3.63, 3.8) is 0 Å². The van der Waals surface area contributed by atoms with E-state index in [-0.39, 0.29) is 17.6 Å². The summed E-state index contributed by atoms with van der Waals surface area (Å²) >= 11 is 6.08. The number of fused-ring (bicyclic) bond motifs is 1. The third kappa shape index (κ3) is 2.49. The molecule has 1 atom stereocenters. The van der Waals surface area contributed by atoms with Crippen LogP contribution in [0.1, 0.15) is 29.0 Å². The molecule has 0 aliphatic carbocycles. The quantitative estimate of drug-likeness (QED) is 0.841. The van der Waals surface area contributed by atoms with Gasteiger partial charge in [0.25, 0.3) is 5.91 Å². The SMILES string of the molecule is O=C([C@@H]1CCCN1C(=O)c1ccco1)N1CCc2ccc(Cl)cc21. The van der Waals surface area contributed by atoms with E-state index in [4.69, 9.17) is 16.0 Å². The molecule has 1 fully saturated rings. The largest absolute Gasteiger partial charge is 0.459 e. The van der Waals surface area contributed by atoms with Crippen LogP contribution in [0.2, 0.25) is 5.02 Å². The molecule has 0 spiro atoms. The van der Waals surface area contributed by atoms with Crippen molar-refractivity contribution in [2.24, 2.45) is 0 Å². The second kappa shape index (κ2) is 5.98. The first-order valence-electron chi connectivity index (χ1n) is 8.09. The van der Waals surface area contributed by atoms with Gasteiger partial charge in [-0.2, -0.15) is 0 Å². The van der Waals surface area contributed by atoms with Crippen LogP contribution in [0.5, 0.6) is 0 Å². The molecule has 0 unspecified atom stereocenters. The van der Waals surface area contributed by atoms with Crippen LogP contribution >= 0.6 is 11.6 Å². The molecule has 24 heavy (non-hydrogen) atoms. The van der Waals surface area contributed by atoms with Crippen molar-refractivity contribution in [1.29, 1.82) is 0 Å². The summed E-state index contributed by atoms with van der Waals surface area (Å²) in [5.74, 6) is 0.0225. The predicted molar refractivity (Wildman–Crippen MR) is 90.3 cm³/mol. The summed E-state index contributed by atoms with van der Waals surface area (Å²) in [6, 6.07) is 8.51. The van der Waals surface area contributed by atoms with Crippen molar-refractivity contribution in [3.05, 3.63) is 52.9 Å². The van der Waals surface area contributed by atoms with Crippen LogP contribution in [-0.2, 0) is 11.2 Å². The first kappa shape index (κ1) is 15.3. The number of hydrogen-bond donors (Lipinski definition) is 0. The topological polar surface area (TPSA) is 53.8 Å². The lowest BCUT2D eigenvalue weighted by Gasteiger charge is -2.27. The van der Waals surface area contributed by atoms with E-state index in [1.165, 1.54) is 6.26 Å². The Balaban J connectivity index is 1.59. The molecule has 2 aliphatic heterocycles. The number of halogens is 1. The molecule has 0 radical (unpaired) electrons. The van der Waals surface area contributed by atoms with Crippen LogP contribution in [0.3, 0.4) is 0 Å². The van der Waals surface area contributed by atoms with Gasteiger partial charge >= 0.3 is 0 Å². The Morgan fingerprint density at radius 1 is 1.21 bits per heavy atom. The van der Waals surface area contributed by atoms with Crippen molar-refractivity contribution >= 4 is 29.1 Å². The maximum Gasteiger partial charge on any atom is 0.290 e. The number of anilines is 1. The van der Waals surface area contributed by atoms with Crippen molar-refractivity contribution in [3.8, 4) is 0 Å². The molecular formula is C18H17ClN2O3. The van der Waals surface area contributed by atoms with Gasteiger partial charge in [0.1, 0.15) is 6.04 Å². The monoisotopic (exact) mass is 344 g/mol. The third-order valence-electron chi connectivity index (χ3n) is 4.74. The van der Waals surface area contributed by atoms with Gasteiger partial charge in [-0.3, -0.25) is 9.59 Å². The lowest BCUT2D eigenvalue weighted by atomic mass is 10.1. The second-order valence-electron chi connectivity index (χ2n) is 6.15. The Morgan fingerprint density at radius 2 is 2.08 bits per heavy atom. The fourth-order valence-corrected chi connectivity index (χ4v) is 3.74. The number of hydrogen-bond acceptors (Lipinski definition) is 3. The van der Waals surface area contributed by atoms with Crippen molar-refractivity contribution in [2.75, 3.05) is 18.0 Å². The Bertz CT molecular complexity index is 788. The van der Waals surface area contributed by atoms with E-state index in [9.17, 15) is 9.59 Å². The van der Waals surface area contributed by atoms with Crippen molar-refractivity contribution in [2.45, 2.75) is 25.3 Å². The fourth-order valence-electron chi connectivity index (χ4n) is 3.57. The molecule has 5 nitrogen and oxygen atoms in total. The third-order valence-corrected chi connectivity index (χ3v) is 4.97.